The summed E-state index contributed by atoms with van der Waals surface area (Å²) in [7, 11) is 8.31. The number of pyridine rings is 4. The molecule has 0 amide bonds. The maximum atomic E-state index is 5.58. The van der Waals surface area contributed by atoms with Crippen LogP contribution in [0.3, 0.4) is 0 Å². The molecule has 0 saturated heterocycles. The number of hydrogen-bond donors (Lipinski definition) is 0. The molecule has 8 nitrogen and oxygen atoms in total. The van der Waals surface area contributed by atoms with Gasteiger partial charge in [0.25, 0.3) is 0 Å². The Hall–Kier alpha value is -9.18. The predicted molar refractivity (Wildman–Crippen MR) is 321 cm³/mol. The monoisotopic (exact) mass is 1220 g/mol. The molecular formula is C71H60AuN8+2. The van der Waals surface area contributed by atoms with Crippen LogP contribution in [0.25, 0.3) is 136 Å². The van der Waals surface area contributed by atoms with Crippen LogP contribution in [0, 0.1) is 0 Å². The van der Waals surface area contributed by atoms with Gasteiger partial charge in [-0.2, -0.15) is 0 Å². The summed E-state index contributed by atoms with van der Waals surface area (Å²) in [4.78, 5) is 22.3. The molecule has 0 unspecified atom stereocenters. The van der Waals surface area contributed by atoms with Gasteiger partial charge in [-0.25, -0.2) is 28.2 Å². The molecule has 0 saturated carbocycles. The molecule has 0 aliphatic carbocycles. The second kappa shape index (κ2) is 23.0. The molecule has 1 radical (unpaired) electrons. The number of benzene rings is 4. The van der Waals surface area contributed by atoms with Crippen LogP contribution in [0.15, 0.2) is 219 Å². The van der Waals surface area contributed by atoms with Gasteiger partial charge in [0.05, 0.1) is 22.8 Å². The average Bonchev–Trinajstić information content (AvgIpc) is 4.43. The third kappa shape index (κ3) is 10.4. The van der Waals surface area contributed by atoms with Crippen molar-refractivity contribution in [1.29, 1.82) is 0 Å². The summed E-state index contributed by atoms with van der Waals surface area (Å²) in [6.45, 7) is 4.25. The van der Waals surface area contributed by atoms with Gasteiger partial charge in [-0.1, -0.05) is 93.1 Å². The van der Waals surface area contributed by atoms with E-state index in [1.165, 1.54) is 6.42 Å². The predicted octanol–water partition coefficient (Wildman–Crippen LogP) is 14.0. The van der Waals surface area contributed by atoms with Crippen LogP contribution in [-0.2, 0) is 50.6 Å². The first-order chi connectivity index (χ1) is 38.7. The first-order valence-corrected chi connectivity index (χ1v) is 27.0. The van der Waals surface area contributed by atoms with Gasteiger partial charge in [0, 0.05) is 93.2 Å². The summed E-state index contributed by atoms with van der Waals surface area (Å²) in [6, 6.07) is 68.7. The van der Waals surface area contributed by atoms with Crippen LogP contribution in [0.1, 0.15) is 43.0 Å². The topological polar surface area (TPSA) is 69.5 Å². The van der Waals surface area contributed by atoms with Gasteiger partial charge >= 0.3 is 0 Å². The molecule has 8 bridgehead atoms. The van der Waals surface area contributed by atoms with E-state index in [-0.39, 0.29) is 22.4 Å². The van der Waals surface area contributed by atoms with Crippen molar-refractivity contribution in [2.75, 3.05) is 0 Å². The van der Waals surface area contributed by atoms with Crippen LogP contribution in [0.5, 0.6) is 0 Å². The minimum atomic E-state index is 0. The summed E-state index contributed by atoms with van der Waals surface area (Å²) >= 11 is 0. The first kappa shape index (κ1) is 52.9. The Labute approximate surface area is 483 Å². The number of aromatic nitrogens is 8. The molecule has 13 rings (SSSR count). The van der Waals surface area contributed by atoms with E-state index in [9.17, 15) is 0 Å². The minimum absolute atomic E-state index is 0. The summed E-state index contributed by atoms with van der Waals surface area (Å²) in [6.07, 6.45) is 18.1. The number of fused-ring (bicyclic) bond motifs is 8. The van der Waals surface area contributed by atoms with E-state index in [2.05, 4.69) is 304 Å². The summed E-state index contributed by atoms with van der Waals surface area (Å²) < 4.78 is 8.58. The van der Waals surface area contributed by atoms with E-state index in [1.54, 1.807) is 0 Å². The zero-order chi connectivity index (χ0) is 54.0. The summed E-state index contributed by atoms with van der Waals surface area (Å²) in [5.41, 5.74) is 23.3. The standard InChI is InChI=1S/C68H52N8.C3H8.Au/c1-73-41-9-5-13-61(73)45-17-25-49(26-18-45)65-53-33-35-55(69-53)66(50-27-19-46(20-28-50)62-14-6-10-42-74(62)2)57-37-39-59(71-57)68(52-31-23-48(24-32-52)64-16-8-12-44-76(64)4)60-40-38-58(72-60)67(56-36-34-54(65)70-56)51-29-21-47(22-30-51)63-15-7-11-43-75(63)3;1-3-2;/h5-44H,1-4H3;3H2,1-2H3;/q+2;;. The number of nitrogens with zero attached hydrogens (tertiary/aromatic N) is 8. The van der Waals surface area contributed by atoms with E-state index >= 15 is 0 Å². The second-order valence-electron chi connectivity index (χ2n) is 20.2. The minimum Gasteiger partial charge on any atom is -0.657 e. The normalized spacial score (nSPS) is 11.5. The smallest absolute Gasteiger partial charge is 0.212 e. The van der Waals surface area contributed by atoms with Gasteiger partial charge in [-0.05, 0) is 142 Å². The Morgan fingerprint density at radius 1 is 0.287 bits per heavy atom. The summed E-state index contributed by atoms with van der Waals surface area (Å²) in [5.74, 6) is 0. The first-order valence-electron chi connectivity index (χ1n) is 27.0. The van der Waals surface area contributed by atoms with Crippen molar-refractivity contribution >= 4 is 46.4 Å². The molecule has 4 aromatic carbocycles. The Bertz CT molecular complexity index is 3770. The SMILES string of the molecule is CCC.C[n+]1ccccc1-c1ccc(-c2c3nc(c(-c4ccc(-c5cccc[n+]5C)cc4)c4ccc([n-]4)c(-c4ccc(-c5cccc[n+]5C)cc4)c4nc(c(-c5ccc(-c6cccc[n+]6C)cc5)c5ccc2[n-]5)C=C4)C=C3)cc1.[Au]. The van der Waals surface area contributed by atoms with Crippen molar-refractivity contribution in [1.82, 2.24) is 19.9 Å². The maximum Gasteiger partial charge on any atom is 0.212 e. The molecule has 11 aromatic rings. The van der Waals surface area contributed by atoms with Gasteiger partial charge in [0.1, 0.15) is 28.2 Å². The van der Waals surface area contributed by atoms with Crippen LogP contribution in [0.2, 0.25) is 0 Å². The van der Waals surface area contributed by atoms with Gasteiger partial charge in [0.15, 0.2) is 24.8 Å². The van der Waals surface area contributed by atoms with Crippen molar-refractivity contribution in [2.45, 2.75) is 20.3 Å². The molecule has 2 aliphatic heterocycles. The number of hydrogen-bond acceptors (Lipinski definition) is 2. The molecule has 393 valence electrons. The zero-order valence-corrected chi connectivity index (χ0v) is 47.8. The Balaban J connectivity index is 0.00000165. The Morgan fingerprint density at radius 3 is 0.688 bits per heavy atom. The van der Waals surface area contributed by atoms with Gasteiger partial charge in [-0.3, -0.25) is 0 Å². The quantitative estimate of drug-likeness (QED) is 0.112. The summed E-state index contributed by atoms with van der Waals surface area (Å²) in [5, 5.41) is 0. The van der Waals surface area contributed by atoms with E-state index in [4.69, 9.17) is 19.9 Å². The average molecular weight is 1220 g/mol. The van der Waals surface area contributed by atoms with Crippen LogP contribution in [-0.4, -0.2) is 9.97 Å². The second-order valence-corrected chi connectivity index (χ2v) is 20.2. The van der Waals surface area contributed by atoms with Gasteiger partial charge in [0.2, 0.25) is 22.8 Å². The molecule has 7 aromatic heterocycles. The number of rotatable bonds is 8. The van der Waals surface area contributed by atoms with Gasteiger partial charge < -0.3 is 9.97 Å². The van der Waals surface area contributed by atoms with Crippen molar-refractivity contribution in [2.24, 2.45) is 28.2 Å². The number of aryl methyl sites for hydroxylation is 4. The van der Waals surface area contributed by atoms with E-state index in [0.29, 0.717) is 0 Å². The molecule has 80 heavy (non-hydrogen) atoms. The van der Waals surface area contributed by atoms with Crippen LogP contribution >= 0.6 is 0 Å². The molecule has 0 fully saturated rings. The third-order valence-electron chi connectivity index (χ3n) is 14.7. The van der Waals surface area contributed by atoms with Crippen molar-refractivity contribution in [3.8, 4) is 89.5 Å². The molecule has 9 heteroatoms. The fourth-order valence-electron chi connectivity index (χ4n) is 10.8. The van der Waals surface area contributed by atoms with E-state index in [0.717, 1.165) is 134 Å². The largest absolute Gasteiger partial charge is 0.657 e. The van der Waals surface area contributed by atoms with Crippen molar-refractivity contribution in [3.05, 3.63) is 242 Å². The molecule has 0 spiro atoms. The fraction of sp³-hybridized carbons (Fsp3) is 0.0986. The fourth-order valence-corrected chi connectivity index (χ4v) is 10.8. The molecule has 9 heterocycles. The van der Waals surface area contributed by atoms with Crippen molar-refractivity contribution < 1.29 is 40.6 Å². The Morgan fingerprint density at radius 2 is 0.487 bits per heavy atom. The van der Waals surface area contributed by atoms with E-state index in [1.807, 2.05) is 0 Å². The molecule has 2 aliphatic rings. The van der Waals surface area contributed by atoms with Crippen LogP contribution < -0.4 is 28.2 Å². The molecular weight excluding hydrogens is 1160 g/mol. The van der Waals surface area contributed by atoms with E-state index < -0.39 is 0 Å². The zero-order valence-electron chi connectivity index (χ0n) is 45.7. The maximum absolute atomic E-state index is 5.58. The molecule has 0 N–H and O–H groups in total. The van der Waals surface area contributed by atoms with Crippen molar-refractivity contribution in [3.63, 3.8) is 0 Å². The Kier molecular flexibility index (Phi) is 15.2. The van der Waals surface area contributed by atoms with Gasteiger partial charge in [-0.15, -0.1) is 22.1 Å². The third-order valence-corrected chi connectivity index (χ3v) is 14.7. The van der Waals surface area contributed by atoms with Crippen LogP contribution in [0.4, 0.5) is 0 Å². The molecule has 0 atom stereocenters.